The summed E-state index contributed by atoms with van der Waals surface area (Å²) in [6.07, 6.45) is 3.59. The van der Waals surface area contributed by atoms with Gasteiger partial charge < -0.3 is 14.4 Å². The second-order valence-electron chi connectivity index (χ2n) is 4.36. The van der Waals surface area contributed by atoms with Gasteiger partial charge in [-0.15, -0.1) is 0 Å². The first-order valence-corrected chi connectivity index (χ1v) is 6.10. The van der Waals surface area contributed by atoms with Crippen molar-refractivity contribution in [3.8, 4) is 5.75 Å². The number of aryl methyl sites for hydroxylation is 2. The Balaban J connectivity index is 2.12. The predicted octanol–water partition coefficient (Wildman–Crippen LogP) is 2.23. The van der Waals surface area contributed by atoms with E-state index in [1.807, 2.05) is 17.8 Å². The first-order valence-electron chi connectivity index (χ1n) is 6.10. The van der Waals surface area contributed by atoms with Gasteiger partial charge >= 0.3 is 0 Å². The van der Waals surface area contributed by atoms with Gasteiger partial charge in [0.2, 0.25) is 0 Å². The summed E-state index contributed by atoms with van der Waals surface area (Å²) in [4.78, 5) is 4.17. The standard InChI is InChI=1S/C14H17FN2O2/c1-17-9-8-16-13(17)7-6-11(18)14-10(15)4-3-5-12(14)19-2/h3-5,8-9,11,18H,6-7H2,1-2H3. The summed E-state index contributed by atoms with van der Waals surface area (Å²) >= 11 is 0. The summed E-state index contributed by atoms with van der Waals surface area (Å²) in [5.41, 5.74) is 0.208. The molecule has 1 N–H and O–H groups in total. The molecule has 4 nitrogen and oxygen atoms in total. The lowest BCUT2D eigenvalue weighted by atomic mass is 10.0. The van der Waals surface area contributed by atoms with Crippen LogP contribution in [0.3, 0.4) is 0 Å². The molecule has 1 aromatic carbocycles. The van der Waals surface area contributed by atoms with Gasteiger partial charge in [-0.2, -0.15) is 0 Å². The molecule has 1 unspecified atom stereocenters. The van der Waals surface area contributed by atoms with E-state index in [1.54, 1.807) is 18.3 Å². The normalized spacial score (nSPS) is 12.4. The molecule has 0 fully saturated rings. The molecule has 0 aliphatic rings. The fourth-order valence-corrected chi connectivity index (χ4v) is 2.07. The maximum Gasteiger partial charge on any atom is 0.132 e. The number of halogens is 1. The minimum Gasteiger partial charge on any atom is -0.496 e. The summed E-state index contributed by atoms with van der Waals surface area (Å²) in [7, 11) is 3.35. The molecule has 0 saturated carbocycles. The number of benzene rings is 1. The number of aromatic nitrogens is 2. The lowest BCUT2D eigenvalue weighted by Crippen LogP contribution is -2.07. The molecule has 1 heterocycles. The maximum atomic E-state index is 13.8. The van der Waals surface area contributed by atoms with Gasteiger partial charge in [0.05, 0.1) is 18.8 Å². The topological polar surface area (TPSA) is 47.3 Å². The minimum absolute atomic E-state index is 0.208. The van der Waals surface area contributed by atoms with E-state index in [2.05, 4.69) is 4.98 Å². The van der Waals surface area contributed by atoms with Gasteiger partial charge in [0.25, 0.3) is 0 Å². The predicted molar refractivity (Wildman–Crippen MR) is 69.4 cm³/mol. The van der Waals surface area contributed by atoms with Crippen LogP contribution in [0.5, 0.6) is 5.75 Å². The molecule has 0 amide bonds. The second-order valence-corrected chi connectivity index (χ2v) is 4.36. The molecule has 0 aliphatic heterocycles. The number of ether oxygens (including phenoxy) is 1. The quantitative estimate of drug-likeness (QED) is 0.901. The van der Waals surface area contributed by atoms with Crippen molar-refractivity contribution < 1.29 is 14.2 Å². The molecule has 1 atom stereocenters. The highest BCUT2D eigenvalue weighted by atomic mass is 19.1. The third-order valence-corrected chi connectivity index (χ3v) is 3.13. The summed E-state index contributed by atoms with van der Waals surface area (Å²) in [6, 6.07) is 4.52. The zero-order valence-electron chi connectivity index (χ0n) is 11.0. The van der Waals surface area contributed by atoms with Crippen molar-refractivity contribution in [1.29, 1.82) is 0 Å². The lowest BCUT2D eigenvalue weighted by molar-refractivity contribution is 0.158. The molecule has 102 valence electrons. The van der Waals surface area contributed by atoms with Gasteiger partial charge in [0.15, 0.2) is 0 Å². The fraction of sp³-hybridized carbons (Fsp3) is 0.357. The Morgan fingerprint density at radius 3 is 2.89 bits per heavy atom. The summed E-state index contributed by atoms with van der Waals surface area (Å²) < 4.78 is 20.7. The third-order valence-electron chi connectivity index (χ3n) is 3.13. The van der Waals surface area contributed by atoms with Gasteiger partial charge in [-0.05, 0) is 18.6 Å². The Bertz CT molecular complexity index is 554. The number of methoxy groups -OCH3 is 1. The second kappa shape index (κ2) is 5.84. The van der Waals surface area contributed by atoms with Crippen molar-refractivity contribution in [2.24, 2.45) is 7.05 Å². The number of hydrogen-bond donors (Lipinski definition) is 1. The van der Waals surface area contributed by atoms with E-state index in [-0.39, 0.29) is 5.56 Å². The Kier molecular flexibility index (Phi) is 4.16. The van der Waals surface area contributed by atoms with Gasteiger partial charge in [-0.25, -0.2) is 9.37 Å². The van der Waals surface area contributed by atoms with Crippen LogP contribution >= 0.6 is 0 Å². The van der Waals surface area contributed by atoms with Crippen LogP contribution in [-0.2, 0) is 13.5 Å². The molecule has 2 rings (SSSR count). The van der Waals surface area contributed by atoms with Crippen LogP contribution < -0.4 is 4.74 Å². The molecule has 0 radical (unpaired) electrons. The van der Waals surface area contributed by atoms with Crippen LogP contribution in [-0.4, -0.2) is 21.8 Å². The number of aliphatic hydroxyl groups excluding tert-OH is 1. The van der Waals surface area contributed by atoms with Crippen molar-refractivity contribution in [2.75, 3.05) is 7.11 Å². The molecule has 2 aromatic rings. The van der Waals surface area contributed by atoms with Crippen LogP contribution in [0.2, 0.25) is 0 Å². The van der Waals surface area contributed by atoms with Gasteiger partial charge in [-0.1, -0.05) is 6.07 Å². The van der Waals surface area contributed by atoms with Crippen LogP contribution in [0.4, 0.5) is 4.39 Å². The number of nitrogens with zero attached hydrogens (tertiary/aromatic N) is 2. The highest BCUT2D eigenvalue weighted by molar-refractivity contribution is 5.36. The number of imidazole rings is 1. The monoisotopic (exact) mass is 264 g/mol. The van der Waals surface area contributed by atoms with Crippen molar-refractivity contribution in [2.45, 2.75) is 18.9 Å². The van der Waals surface area contributed by atoms with Crippen LogP contribution in [0.15, 0.2) is 30.6 Å². The van der Waals surface area contributed by atoms with Crippen LogP contribution in [0, 0.1) is 5.82 Å². The van der Waals surface area contributed by atoms with Gasteiger partial charge in [0.1, 0.15) is 17.4 Å². The van der Waals surface area contributed by atoms with E-state index in [1.165, 1.54) is 13.2 Å². The number of rotatable bonds is 5. The highest BCUT2D eigenvalue weighted by Gasteiger charge is 2.18. The molecule has 0 saturated heterocycles. The van der Waals surface area contributed by atoms with E-state index in [0.29, 0.717) is 18.6 Å². The molecular weight excluding hydrogens is 247 g/mol. The average molecular weight is 264 g/mol. The number of aliphatic hydroxyl groups is 1. The Labute approximate surface area is 111 Å². The lowest BCUT2D eigenvalue weighted by Gasteiger charge is -2.15. The molecular formula is C14H17FN2O2. The Hall–Kier alpha value is -1.88. The minimum atomic E-state index is -0.909. The van der Waals surface area contributed by atoms with Crippen molar-refractivity contribution in [1.82, 2.24) is 9.55 Å². The maximum absolute atomic E-state index is 13.8. The van der Waals surface area contributed by atoms with E-state index in [4.69, 9.17) is 4.74 Å². The molecule has 19 heavy (non-hydrogen) atoms. The molecule has 0 bridgehead atoms. The highest BCUT2D eigenvalue weighted by Crippen LogP contribution is 2.30. The molecule has 5 heteroatoms. The molecule has 0 aliphatic carbocycles. The molecule has 0 spiro atoms. The summed E-state index contributed by atoms with van der Waals surface area (Å²) in [5, 5.41) is 10.1. The van der Waals surface area contributed by atoms with Crippen molar-refractivity contribution >= 4 is 0 Å². The first kappa shape index (κ1) is 13.5. The van der Waals surface area contributed by atoms with Crippen LogP contribution in [0.25, 0.3) is 0 Å². The molecule has 1 aromatic heterocycles. The van der Waals surface area contributed by atoms with E-state index >= 15 is 0 Å². The average Bonchev–Trinajstić information content (AvgIpc) is 2.81. The van der Waals surface area contributed by atoms with E-state index in [0.717, 1.165) is 5.82 Å². The number of hydrogen-bond acceptors (Lipinski definition) is 3. The fourth-order valence-electron chi connectivity index (χ4n) is 2.07. The van der Waals surface area contributed by atoms with E-state index in [9.17, 15) is 9.50 Å². The first-order chi connectivity index (χ1) is 9.13. The summed E-state index contributed by atoms with van der Waals surface area (Å²) in [6.45, 7) is 0. The zero-order chi connectivity index (χ0) is 13.8. The van der Waals surface area contributed by atoms with E-state index < -0.39 is 11.9 Å². The van der Waals surface area contributed by atoms with Crippen molar-refractivity contribution in [3.05, 3.63) is 47.8 Å². The van der Waals surface area contributed by atoms with Crippen LogP contribution in [0.1, 0.15) is 23.9 Å². The Morgan fingerprint density at radius 1 is 1.47 bits per heavy atom. The summed E-state index contributed by atoms with van der Waals surface area (Å²) in [5.74, 6) is 0.772. The zero-order valence-corrected chi connectivity index (χ0v) is 11.0. The largest absolute Gasteiger partial charge is 0.496 e. The van der Waals surface area contributed by atoms with Crippen molar-refractivity contribution in [3.63, 3.8) is 0 Å². The van der Waals surface area contributed by atoms with Gasteiger partial charge in [0, 0.05) is 25.9 Å². The third kappa shape index (κ3) is 2.93. The smallest absolute Gasteiger partial charge is 0.132 e. The Morgan fingerprint density at radius 2 is 2.26 bits per heavy atom. The SMILES string of the molecule is COc1cccc(F)c1C(O)CCc1nccn1C. The van der Waals surface area contributed by atoms with Gasteiger partial charge in [-0.3, -0.25) is 0 Å².